The van der Waals surface area contributed by atoms with Crippen LogP contribution in [-0.4, -0.2) is 29.5 Å². The lowest BCUT2D eigenvalue weighted by Gasteiger charge is -2.27. The Kier molecular flexibility index (Phi) is 6.05. The van der Waals surface area contributed by atoms with Crippen LogP contribution in [0.15, 0.2) is 24.3 Å². The van der Waals surface area contributed by atoms with Gasteiger partial charge in [0.2, 0.25) is 11.8 Å². The summed E-state index contributed by atoms with van der Waals surface area (Å²) < 4.78 is 12.9. The summed E-state index contributed by atoms with van der Waals surface area (Å²) in [5.74, 6) is -1.14. The molecule has 122 valence electrons. The molecule has 2 atom stereocenters. The monoisotopic (exact) mass is 310 g/mol. The number of halogens is 1. The van der Waals surface area contributed by atoms with E-state index in [4.69, 9.17) is 0 Å². The molecule has 0 heterocycles. The number of carbonyl (C=O) groups is 2. The summed E-state index contributed by atoms with van der Waals surface area (Å²) in [5.41, 5.74) is -0.837. The van der Waals surface area contributed by atoms with Gasteiger partial charge in [0.05, 0.1) is 6.54 Å². The van der Waals surface area contributed by atoms with Crippen molar-refractivity contribution in [3.05, 3.63) is 35.6 Å². The zero-order valence-electron chi connectivity index (χ0n) is 13.3. The summed E-state index contributed by atoms with van der Waals surface area (Å²) in [6.45, 7) is 6.47. The zero-order valence-corrected chi connectivity index (χ0v) is 13.3. The Morgan fingerprint density at radius 2 is 1.82 bits per heavy atom. The van der Waals surface area contributed by atoms with E-state index in [1.54, 1.807) is 0 Å². The molecule has 1 aromatic carbocycles. The van der Waals surface area contributed by atoms with E-state index in [2.05, 4.69) is 10.6 Å². The summed E-state index contributed by atoms with van der Waals surface area (Å²) in [6.07, 6.45) is 0. The molecule has 0 bridgehead atoms. The number of aliphatic hydroxyl groups is 1. The molecule has 0 aliphatic carbocycles. The maximum atomic E-state index is 12.9. The number of hydrogen-bond acceptors (Lipinski definition) is 3. The first kappa shape index (κ1) is 18.1. The van der Waals surface area contributed by atoms with Gasteiger partial charge in [0.15, 0.2) is 0 Å². The first-order valence-electron chi connectivity index (χ1n) is 7.16. The fourth-order valence-electron chi connectivity index (χ4n) is 2.03. The van der Waals surface area contributed by atoms with E-state index in [1.807, 2.05) is 13.8 Å². The van der Waals surface area contributed by atoms with E-state index in [1.165, 1.54) is 38.1 Å². The lowest BCUT2D eigenvalue weighted by Crippen LogP contribution is -2.51. The molecule has 0 aliphatic rings. The van der Waals surface area contributed by atoms with Crippen molar-refractivity contribution in [3.63, 3.8) is 0 Å². The molecule has 0 radical (unpaired) electrons. The number of hydrogen-bond donors (Lipinski definition) is 3. The van der Waals surface area contributed by atoms with Gasteiger partial charge in [0.1, 0.15) is 17.5 Å². The Bertz CT molecular complexity index is 527. The molecule has 6 heteroatoms. The van der Waals surface area contributed by atoms with Crippen LogP contribution >= 0.6 is 0 Å². The van der Waals surface area contributed by atoms with Crippen molar-refractivity contribution < 1.29 is 19.1 Å². The Morgan fingerprint density at radius 1 is 1.27 bits per heavy atom. The third-order valence-corrected chi connectivity index (χ3v) is 3.38. The highest BCUT2D eigenvalue weighted by Gasteiger charge is 2.27. The second-order valence-electron chi connectivity index (χ2n) is 5.92. The molecule has 2 unspecified atom stereocenters. The van der Waals surface area contributed by atoms with Gasteiger partial charge < -0.3 is 15.7 Å². The standard InChI is InChI=1S/C16H23FN2O3/c1-10(2)14(19-11(3)20)15(21)18-9-16(4,22)12-5-7-13(17)8-6-12/h5-8,10,14,22H,9H2,1-4H3,(H,18,21)(H,19,20). The van der Waals surface area contributed by atoms with Crippen molar-refractivity contribution in [1.82, 2.24) is 10.6 Å². The highest BCUT2D eigenvalue weighted by molar-refractivity contribution is 5.87. The molecule has 0 fully saturated rings. The van der Waals surface area contributed by atoms with E-state index >= 15 is 0 Å². The molecule has 1 rings (SSSR count). The smallest absolute Gasteiger partial charge is 0.242 e. The second kappa shape index (κ2) is 7.35. The predicted octanol–water partition coefficient (Wildman–Crippen LogP) is 1.31. The van der Waals surface area contributed by atoms with Gasteiger partial charge in [-0.05, 0) is 30.5 Å². The molecule has 5 nitrogen and oxygen atoms in total. The molecule has 22 heavy (non-hydrogen) atoms. The third kappa shape index (κ3) is 5.11. The molecule has 0 spiro atoms. The Labute approximate surface area is 129 Å². The van der Waals surface area contributed by atoms with Crippen LogP contribution in [-0.2, 0) is 15.2 Å². The largest absolute Gasteiger partial charge is 0.384 e. The van der Waals surface area contributed by atoms with Gasteiger partial charge >= 0.3 is 0 Å². The van der Waals surface area contributed by atoms with Gasteiger partial charge in [-0.2, -0.15) is 0 Å². The molecule has 1 aromatic rings. The molecular weight excluding hydrogens is 287 g/mol. The van der Waals surface area contributed by atoms with Crippen molar-refractivity contribution in [1.29, 1.82) is 0 Å². The molecule has 3 N–H and O–H groups in total. The highest BCUT2D eigenvalue weighted by atomic mass is 19.1. The van der Waals surface area contributed by atoms with Gasteiger partial charge in [0, 0.05) is 6.92 Å². The number of amides is 2. The number of rotatable bonds is 6. The topological polar surface area (TPSA) is 78.4 Å². The molecule has 2 amide bonds. The minimum Gasteiger partial charge on any atom is -0.384 e. The minimum absolute atomic E-state index is 0.0414. The second-order valence-corrected chi connectivity index (χ2v) is 5.92. The maximum absolute atomic E-state index is 12.9. The SMILES string of the molecule is CC(=O)NC(C(=O)NCC(C)(O)c1ccc(F)cc1)C(C)C. The van der Waals surface area contributed by atoms with Crippen LogP contribution in [0.1, 0.15) is 33.3 Å². The lowest BCUT2D eigenvalue weighted by atomic mass is 9.95. The average molecular weight is 310 g/mol. The highest BCUT2D eigenvalue weighted by Crippen LogP contribution is 2.20. The average Bonchev–Trinajstić information content (AvgIpc) is 2.42. The van der Waals surface area contributed by atoms with E-state index in [9.17, 15) is 19.1 Å². The van der Waals surface area contributed by atoms with Crippen LogP contribution in [0, 0.1) is 11.7 Å². The molecular formula is C16H23FN2O3. The summed E-state index contributed by atoms with van der Waals surface area (Å²) in [4.78, 5) is 23.3. The first-order chi connectivity index (χ1) is 10.1. The van der Waals surface area contributed by atoms with Crippen molar-refractivity contribution >= 4 is 11.8 Å². The lowest BCUT2D eigenvalue weighted by molar-refractivity contribution is -0.129. The van der Waals surface area contributed by atoms with Crippen LogP contribution in [0.25, 0.3) is 0 Å². The zero-order chi connectivity index (χ0) is 16.9. The summed E-state index contributed by atoms with van der Waals surface area (Å²) in [7, 11) is 0. The molecule has 0 saturated carbocycles. The van der Waals surface area contributed by atoms with E-state index in [0.29, 0.717) is 5.56 Å². The van der Waals surface area contributed by atoms with Crippen molar-refractivity contribution in [2.24, 2.45) is 5.92 Å². The van der Waals surface area contributed by atoms with E-state index < -0.39 is 17.5 Å². The number of nitrogens with one attached hydrogen (secondary N) is 2. The summed E-state index contributed by atoms with van der Waals surface area (Å²) in [5, 5.41) is 15.6. The van der Waals surface area contributed by atoms with E-state index in [0.717, 1.165) is 0 Å². The first-order valence-corrected chi connectivity index (χ1v) is 7.16. The van der Waals surface area contributed by atoms with Crippen LogP contribution < -0.4 is 10.6 Å². The van der Waals surface area contributed by atoms with E-state index in [-0.39, 0.29) is 24.3 Å². The van der Waals surface area contributed by atoms with Gasteiger partial charge in [-0.1, -0.05) is 26.0 Å². The molecule has 0 saturated heterocycles. The van der Waals surface area contributed by atoms with Gasteiger partial charge in [-0.25, -0.2) is 4.39 Å². The fourth-order valence-corrected chi connectivity index (χ4v) is 2.03. The third-order valence-electron chi connectivity index (χ3n) is 3.38. The Balaban J connectivity index is 2.71. The Morgan fingerprint density at radius 3 is 2.27 bits per heavy atom. The minimum atomic E-state index is -1.33. The fraction of sp³-hybridized carbons (Fsp3) is 0.500. The van der Waals surface area contributed by atoms with Crippen molar-refractivity contribution in [2.45, 2.75) is 39.3 Å². The van der Waals surface area contributed by atoms with Crippen molar-refractivity contribution in [3.8, 4) is 0 Å². The predicted molar refractivity (Wildman–Crippen MR) is 81.4 cm³/mol. The van der Waals surface area contributed by atoms with Gasteiger partial charge in [-0.3, -0.25) is 9.59 Å². The van der Waals surface area contributed by atoms with Crippen LogP contribution in [0.3, 0.4) is 0 Å². The normalized spacial score (nSPS) is 15.0. The quantitative estimate of drug-likeness (QED) is 0.741. The maximum Gasteiger partial charge on any atom is 0.242 e. The van der Waals surface area contributed by atoms with Crippen molar-refractivity contribution in [2.75, 3.05) is 6.54 Å². The van der Waals surface area contributed by atoms with Crippen LogP contribution in [0.4, 0.5) is 4.39 Å². The van der Waals surface area contributed by atoms with Gasteiger partial charge in [-0.15, -0.1) is 0 Å². The molecule has 0 aliphatic heterocycles. The molecule has 0 aromatic heterocycles. The summed E-state index contributed by atoms with van der Waals surface area (Å²) >= 11 is 0. The summed E-state index contributed by atoms with van der Waals surface area (Å²) in [6, 6.07) is 4.77. The van der Waals surface area contributed by atoms with Crippen LogP contribution in [0.2, 0.25) is 0 Å². The van der Waals surface area contributed by atoms with Crippen LogP contribution in [0.5, 0.6) is 0 Å². The van der Waals surface area contributed by atoms with Gasteiger partial charge in [0.25, 0.3) is 0 Å². The number of benzene rings is 1. The number of carbonyl (C=O) groups excluding carboxylic acids is 2. The Hall–Kier alpha value is -1.95.